The Hall–Kier alpha value is -1.30. The van der Waals surface area contributed by atoms with E-state index in [1.54, 1.807) is 6.92 Å². The van der Waals surface area contributed by atoms with Crippen LogP contribution in [0.3, 0.4) is 0 Å². The molecule has 0 aromatic heterocycles. The number of halogens is 1. The number of amides is 2. The number of carbonyl (C=O) groups excluding carboxylic acids is 2. The molecule has 2 amide bonds. The standard InChI is InChI=1S/C8H12ClN3O3/c1-4(9)8(14)11-3-5-2-6(7(10)13)12-15-5/h4-5H,2-3H2,1H3,(H2,10,13)(H,11,14). The average Bonchev–Trinajstić information content (AvgIpc) is 2.62. The van der Waals surface area contributed by atoms with Crippen molar-refractivity contribution in [3.05, 3.63) is 0 Å². The highest BCUT2D eigenvalue weighted by Crippen LogP contribution is 2.09. The molecule has 0 saturated heterocycles. The molecule has 6 nitrogen and oxygen atoms in total. The molecule has 1 aliphatic heterocycles. The molecule has 0 saturated carbocycles. The van der Waals surface area contributed by atoms with E-state index in [0.717, 1.165) is 0 Å². The molecule has 1 heterocycles. The number of alkyl halides is 1. The van der Waals surface area contributed by atoms with Gasteiger partial charge in [0, 0.05) is 6.42 Å². The molecule has 0 aromatic carbocycles. The SMILES string of the molecule is CC(Cl)C(=O)NCC1CC(C(N)=O)=NO1. The minimum absolute atomic E-state index is 0.188. The fraction of sp³-hybridized carbons (Fsp3) is 0.625. The maximum absolute atomic E-state index is 11.1. The normalized spacial score (nSPS) is 21.5. The van der Waals surface area contributed by atoms with Crippen LogP contribution in [0.25, 0.3) is 0 Å². The van der Waals surface area contributed by atoms with Crippen molar-refractivity contribution in [1.29, 1.82) is 0 Å². The van der Waals surface area contributed by atoms with E-state index in [1.807, 2.05) is 0 Å². The van der Waals surface area contributed by atoms with Gasteiger partial charge in [-0.2, -0.15) is 0 Å². The lowest BCUT2D eigenvalue weighted by Crippen LogP contribution is -2.36. The van der Waals surface area contributed by atoms with Crippen molar-refractivity contribution < 1.29 is 14.4 Å². The van der Waals surface area contributed by atoms with Crippen LogP contribution in [0, 0.1) is 0 Å². The number of primary amides is 1. The number of nitrogens with two attached hydrogens (primary N) is 1. The molecule has 3 N–H and O–H groups in total. The van der Waals surface area contributed by atoms with Crippen LogP contribution < -0.4 is 11.1 Å². The predicted octanol–water partition coefficient (Wildman–Crippen LogP) is -0.640. The van der Waals surface area contributed by atoms with Crippen molar-refractivity contribution >= 4 is 29.1 Å². The van der Waals surface area contributed by atoms with Gasteiger partial charge in [-0.15, -0.1) is 11.6 Å². The zero-order valence-corrected chi connectivity index (χ0v) is 8.95. The van der Waals surface area contributed by atoms with Crippen LogP contribution in [0.15, 0.2) is 5.16 Å². The lowest BCUT2D eigenvalue weighted by molar-refractivity contribution is -0.121. The van der Waals surface area contributed by atoms with Gasteiger partial charge in [-0.1, -0.05) is 5.16 Å². The van der Waals surface area contributed by atoms with Gasteiger partial charge in [0.1, 0.15) is 11.1 Å². The summed E-state index contributed by atoms with van der Waals surface area (Å²) in [6.07, 6.45) is -0.0291. The molecule has 0 radical (unpaired) electrons. The zero-order chi connectivity index (χ0) is 11.4. The second-order valence-electron chi connectivity index (χ2n) is 3.19. The summed E-state index contributed by atoms with van der Waals surface area (Å²) in [6.45, 7) is 1.83. The van der Waals surface area contributed by atoms with Gasteiger partial charge < -0.3 is 15.9 Å². The van der Waals surface area contributed by atoms with Gasteiger partial charge in [0.2, 0.25) is 5.91 Å². The molecule has 15 heavy (non-hydrogen) atoms. The van der Waals surface area contributed by atoms with Gasteiger partial charge in [-0.3, -0.25) is 9.59 Å². The van der Waals surface area contributed by atoms with Gasteiger partial charge in [-0.25, -0.2) is 0 Å². The van der Waals surface area contributed by atoms with Crippen molar-refractivity contribution in [1.82, 2.24) is 5.32 Å². The van der Waals surface area contributed by atoms with Gasteiger partial charge in [0.05, 0.1) is 6.54 Å². The molecular formula is C8H12ClN3O3. The van der Waals surface area contributed by atoms with Crippen LogP contribution in [0.4, 0.5) is 0 Å². The summed E-state index contributed by atoms with van der Waals surface area (Å²) in [4.78, 5) is 26.7. The van der Waals surface area contributed by atoms with Crippen LogP contribution in [-0.4, -0.2) is 35.6 Å². The minimum atomic E-state index is -0.602. The third-order valence-electron chi connectivity index (χ3n) is 1.88. The predicted molar refractivity (Wildman–Crippen MR) is 54.4 cm³/mol. The Morgan fingerprint density at radius 3 is 2.93 bits per heavy atom. The summed E-state index contributed by atoms with van der Waals surface area (Å²) in [6, 6.07) is 0. The Balaban J connectivity index is 2.28. The highest BCUT2D eigenvalue weighted by molar-refractivity contribution is 6.38. The molecule has 0 aliphatic carbocycles. The molecule has 2 atom stereocenters. The van der Waals surface area contributed by atoms with Crippen LogP contribution in [0.2, 0.25) is 0 Å². The van der Waals surface area contributed by atoms with Gasteiger partial charge in [-0.05, 0) is 6.92 Å². The van der Waals surface area contributed by atoms with E-state index in [1.165, 1.54) is 0 Å². The lowest BCUT2D eigenvalue weighted by Gasteiger charge is -2.10. The van der Waals surface area contributed by atoms with E-state index >= 15 is 0 Å². The fourth-order valence-corrected chi connectivity index (χ4v) is 1.12. The number of oxime groups is 1. The number of carbonyl (C=O) groups is 2. The van der Waals surface area contributed by atoms with Crippen molar-refractivity contribution in [3.8, 4) is 0 Å². The molecule has 7 heteroatoms. The number of hydrogen-bond acceptors (Lipinski definition) is 4. The smallest absolute Gasteiger partial charge is 0.266 e. The quantitative estimate of drug-likeness (QED) is 0.633. The zero-order valence-electron chi connectivity index (χ0n) is 8.20. The summed E-state index contributed by atoms with van der Waals surface area (Å²) in [5.41, 5.74) is 5.19. The Bertz CT molecular complexity index is 304. The molecule has 0 aromatic rings. The maximum atomic E-state index is 11.1. The third kappa shape index (κ3) is 3.39. The first-order valence-corrected chi connectivity index (χ1v) is 4.88. The summed E-state index contributed by atoms with van der Waals surface area (Å²) in [5, 5.41) is 5.46. The van der Waals surface area contributed by atoms with E-state index in [0.29, 0.717) is 6.42 Å². The Labute approximate surface area is 91.8 Å². The molecule has 2 unspecified atom stereocenters. The van der Waals surface area contributed by atoms with Gasteiger partial charge in [0.15, 0.2) is 6.10 Å². The van der Waals surface area contributed by atoms with Crippen molar-refractivity contribution in [2.24, 2.45) is 10.9 Å². The van der Waals surface area contributed by atoms with Crippen LogP contribution in [0.1, 0.15) is 13.3 Å². The summed E-state index contributed by atoms with van der Waals surface area (Å²) in [7, 11) is 0. The number of nitrogens with zero attached hydrogens (tertiary/aromatic N) is 1. The molecule has 0 fully saturated rings. The first kappa shape index (κ1) is 11.8. The second kappa shape index (κ2) is 4.97. The summed E-state index contributed by atoms with van der Waals surface area (Å²) >= 11 is 5.54. The molecular weight excluding hydrogens is 222 g/mol. The van der Waals surface area contributed by atoms with Crippen LogP contribution in [-0.2, 0) is 14.4 Å². The highest BCUT2D eigenvalue weighted by Gasteiger charge is 2.25. The Kier molecular flexibility index (Phi) is 3.90. The van der Waals surface area contributed by atoms with Crippen molar-refractivity contribution in [3.63, 3.8) is 0 Å². The Morgan fingerprint density at radius 2 is 2.47 bits per heavy atom. The highest BCUT2D eigenvalue weighted by atomic mass is 35.5. The van der Waals surface area contributed by atoms with Gasteiger partial charge in [0.25, 0.3) is 5.91 Å². The molecule has 0 spiro atoms. The fourth-order valence-electron chi connectivity index (χ4n) is 1.04. The largest absolute Gasteiger partial charge is 0.390 e. The van der Waals surface area contributed by atoms with Crippen molar-refractivity contribution in [2.75, 3.05) is 6.54 Å². The first-order valence-electron chi connectivity index (χ1n) is 4.45. The topological polar surface area (TPSA) is 93.8 Å². The van der Waals surface area contributed by atoms with Crippen molar-refractivity contribution in [2.45, 2.75) is 24.8 Å². The lowest BCUT2D eigenvalue weighted by atomic mass is 10.2. The minimum Gasteiger partial charge on any atom is -0.390 e. The second-order valence-corrected chi connectivity index (χ2v) is 3.85. The maximum Gasteiger partial charge on any atom is 0.266 e. The number of hydrogen-bond donors (Lipinski definition) is 2. The van der Waals surface area contributed by atoms with E-state index in [-0.39, 0.29) is 24.3 Å². The molecule has 1 aliphatic rings. The van der Waals surface area contributed by atoms with E-state index < -0.39 is 11.3 Å². The third-order valence-corrected chi connectivity index (χ3v) is 2.08. The van der Waals surface area contributed by atoms with Gasteiger partial charge >= 0.3 is 0 Å². The number of nitrogens with one attached hydrogen (secondary N) is 1. The molecule has 1 rings (SSSR count). The molecule has 84 valence electrons. The monoisotopic (exact) mass is 233 g/mol. The van der Waals surface area contributed by atoms with Crippen LogP contribution >= 0.6 is 11.6 Å². The molecule has 0 bridgehead atoms. The number of rotatable bonds is 4. The Morgan fingerprint density at radius 1 is 1.80 bits per heavy atom. The average molecular weight is 234 g/mol. The van der Waals surface area contributed by atoms with E-state index in [9.17, 15) is 9.59 Å². The summed E-state index contributed by atoms with van der Waals surface area (Å²) in [5.74, 6) is -0.887. The van der Waals surface area contributed by atoms with Crippen LogP contribution in [0.5, 0.6) is 0 Å². The summed E-state index contributed by atoms with van der Waals surface area (Å²) < 4.78 is 0. The van der Waals surface area contributed by atoms with E-state index in [4.69, 9.17) is 22.2 Å². The van der Waals surface area contributed by atoms with E-state index in [2.05, 4.69) is 10.5 Å². The first-order chi connectivity index (χ1) is 7.00.